The second-order valence-electron chi connectivity index (χ2n) is 11.3. The molecule has 0 aliphatic rings. The number of fused-ring (bicyclic) bond motifs is 2. The Kier molecular flexibility index (Phi) is 6.88. The first kappa shape index (κ1) is 27.0. The maximum absolute atomic E-state index is 13.7. The van der Waals surface area contributed by atoms with Gasteiger partial charge in [0.15, 0.2) is 0 Å². The summed E-state index contributed by atoms with van der Waals surface area (Å²) in [4.78, 5) is 29.6. The molecule has 0 spiro atoms. The highest BCUT2D eigenvalue weighted by Gasteiger charge is 2.29. The van der Waals surface area contributed by atoms with E-state index in [4.69, 9.17) is 9.47 Å². The molecule has 0 atom stereocenters. The number of methoxy groups -OCH3 is 1. The zero-order valence-corrected chi connectivity index (χ0v) is 23.6. The van der Waals surface area contributed by atoms with Gasteiger partial charge in [0.1, 0.15) is 17.1 Å². The summed E-state index contributed by atoms with van der Waals surface area (Å²) in [7, 11) is 1.34. The molecule has 0 aliphatic heterocycles. The number of carbonyl (C=O) groups is 2. The van der Waals surface area contributed by atoms with Crippen LogP contribution in [0.4, 0.5) is 0 Å². The fraction of sp³-hybridized carbons (Fsp3) is 0.235. The molecule has 5 rings (SSSR count). The smallest absolute Gasteiger partial charge is 0.347 e. The van der Waals surface area contributed by atoms with Crippen LogP contribution in [-0.2, 0) is 10.2 Å². The number of aromatic nitrogens is 1. The Morgan fingerprint density at radius 1 is 0.850 bits per heavy atom. The van der Waals surface area contributed by atoms with Crippen molar-refractivity contribution in [2.45, 2.75) is 46.0 Å². The Morgan fingerprint density at radius 2 is 1.55 bits per heavy atom. The first-order chi connectivity index (χ1) is 19.0. The number of esters is 2. The summed E-state index contributed by atoms with van der Waals surface area (Å²) in [6.07, 6.45) is 0. The predicted octanol–water partition coefficient (Wildman–Crippen LogP) is 8.12. The second kappa shape index (κ2) is 10.2. The van der Waals surface area contributed by atoms with Crippen molar-refractivity contribution in [1.82, 2.24) is 4.98 Å². The Hall–Kier alpha value is -4.58. The lowest BCUT2D eigenvalue weighted by Crippen LogP contribution is -2.14. The summed E-state index contributed by atoms with van der Waals surface area (Å²) in [5.41, 5.74) is 3.87. The van der Waals surface area contributed by atoms with E-state index in [0.717, 1.165) is 38.5 Å². The predicted molar refractivity (Wildman–Crippen MR) is 158 cm³/mol. The molecule has 5 aromatic rings. The van der Waals surface area contributed by atoms with Crippen molar-refractivity contribution >= 4 is 33.6 Å². The molecule has 0 bridgehead atoms. The quantitative estimate of drug-likeness (QED) is 0.175. The molecule has 4 aromatic carbocycles. The third-order valence-electron chi connectivity index (χ3n) is 7.21. The van der Waals surface area contributed by atoms with Gasteiger partial charge in [-0.1, -0.05) is 77.1 Å². The van der Waals surface area contributed by atoms with E-state index in [1.807, 2.05) is 62.4 Å². The third kappa shape index (κ3) is 4.70. The van der Waals surface area contributed by atoms with E-state index < -0.39 is 11.9 Å². The summed E-state index contributed by atoms with van der Waals surface area (Å²) < 4.78 is 10.8. The SMILES string of the molecule is COC(=O)c1ccc2[nH]c(C(C)(C)C)c(-c3c(O)c(C(=O)Oc4ccccc4C(C)C)cc4ccccc34)c2c1. The van der Waals surface area contributed by atoms with Crippen LogP contribution in [0.25, 0.3) is 32.8 Å². The molecule has 1 aromatic heterocycles. The first-order valence-electron chi connectivity index (χ1n) is 13.3. The number of aromatic amines is 1. The molecule has 0 saturated carbocycles. The number of H-pyrrole nitrogens is 1. The van der Waals surface area contributed by atoms with Gasteiger partial charge in [0, 0.05) is 33.1 Å². The lowest BCUT2D eigenvalue weighted by Gasteiger charge is -2.22. The van der Waals surface area contributed by atoms with Gasteiger partial charge in [0.2, 0.25) is 0 Å². The van der Waals surface area contributed by atoms with E-state index in [-0.39, 0.29) is 22.6 Å². The van der Waals surface area contributed by atoms with E-state index in [1.165, 1.54) is 7.11 Å². The van der Waals surface area contributed by atoms with Gasteiger partial charge in [-0.05, 0) is 52.6 Å². The van der Waals surface area contributed by atoms with Gasteiger partial charge in [0.05, 0.1) is 12.7 Å². The first-order valence-corrected chi connectivity index (χ1v) is 13.3. The van der Waals surface area contributed by atoms with Crippen LogP contribution in [0.1, 0.15) is 72.5 Å². The number of para-hydroxylation sites is 1. The van der Waals surface area contributed by atoms with Crippen LogP contribution in [0.3, 0.4) is 0 Å². The van der Waals surface area contributed by atoms with Gasteiger partial charge in [-0.15, -0.1) is 0 Å². The highest BCUT2D eigenvalue weighted by Crippen LogP contribution is 2.47. The number of carbonyl (C=O) groups excluding carboxylic acids is 2. The minimum Gasteiger partial charge on any atom is -0.506 e. The van der Waals surface area contributed by atoms with Crippen LogP contribution in [-0.4, -0.2) is 29.1 Å². The molecule has 0 fully saturated rings. The number of phenolic OH excluding ortho intramolecular Hbond substituents is 1. The van der Waals surface area contributed by atoms with E-state index in [0.29, 0.717) is 16.9 Å². The average molecular weight is 536 g/mol. The zero-order valence-electron chi connectivity index (χ0n) is 23.6. The second-order valence-corrected chi connectivity index (χ2v) is 11.3. The van der Waals surface area contributed by atoms with Crippen molar-refractivity contribution < 1.29 is 24.2 Å². The number of ether oxygens (including phenoxy) is 2. The number of hydrogen-bond acceptors (Lipinski definition) is 5. The average Bonchev–Trinajstić information content (AvgIpc) is 3.31. The van der Waals surface area contributed by atoms with Crippen LogP contribution >= 0.6 is 0 Å². The van der Waals surface area contributed by atoms with Crippen molar-refractivity contribution in [2.24, 2.45) is 0 Å². The number of benzene rings is 4. The normalized spacial score (nSPS) is 11.8. The molecule has 6 nitrogen and oxygen atoms in total. The van der Waals surface area contributed by atoms with E-state index in [2.05, 4.69) is 25.8 Å². The molecule has 0 saturated heterocycles. The number of rotatable bonds is 5. The van der Waals surface area contributed by atoms with Crippen molar-refractivity contribution in [2.75, 3.05) is 7.11 Å². The molecule has 6 heteroatoms. The Morgan fingerprint density at radius 3 is 2.25 bits per heavy atom. The highest BCUT2D eigenvalue weighted by atomic mass is 16.5. The zero-order chi connectivity index (χ0) is 28.8. The van der Waals surface area contributed by atoms with Crippen LogP contribution in [0.2, 0.25) is 0 Å². The number of phenols is 1. The van der Waals surface area contributed by atoms with Crippen LogP contribution in [0.5, 0.6) is 11.5 Å². The van der Waals surface area contributed by atoms with Gasteiger partial charge in [-0.25, -0.2) is 9.59 Å². The highest BCUT2D eigenvalue weighted by molar-refractivity contribution is 6.13. The van der Waals surface area contributed by atoms with Crippen LogP contribution in [0, 0.1) is 0 Å². The molecule has 0 aliphatic carbocycles. The molecule has 0 amide bonds. The van der Waals surface area contributed by atoms with E-state index in [1.54, 1.807) is 24.3 Å². The summed E-state index contributed by atoms with van der Waals surface area (Å²) in [5, 5.41) is 14.1. The Labute approximate surface area is 233 Å². The molecule has 0 radical (unpaired) electrons. The van der Waals surface area contributed by atoms with Crippen molar-refractivity contribution in [1.29, 1.82) is 0 Å². The molecule has 0 unspecified atom stereocenters. The molecular formula is C34H33NO5. The summed E-state index contributed by atoms with van der Waals surface area (Å²) in [6, 6.07) is 22.0. The molecule has 1 heterocycles. The van der Waals surface area contributed by atoms with Crippen molar-refractivity contribution in [3.05, 3.63) is 95.2 Å². The Bertz CT molecular complexity index is 1770. The molecule has 40 heavy (non-hydrogen) atoms. The Balaban J connectivity index is 1.80. The lowest BCUT2D eigenvalue weighted by molar-refractivity contribution is 0.0600. The van der Waals surface area contributed by atoms with Gasteiger partial charge in [-0.3, -0.25) is 0 Å². The van der Waals surface area contributed by atoms with E-state index in [9.17, 15) is 14.7 Å². The number of nitrogens with one attached hydrogen (secondary N) is 1. The fourth-order valence-corrected chi connectivity index (χ4v) is 5.21. The van der Waals surface area contributed by atoms with Gasteiger partial charge in [0.25, 0.3) is 0 Å². The van der Waals surface area contributed by atoms with Gasteiger partial charge >= 0.3 is 11.9 Å². The van der Waals surface area contributed by atoms with Crippen LogP contribution < -0.4 is 4.74 Å². The molecular weight excluding hydrogens is 502 g/mol. The monoisotopic (exact) mass is 535 g/mol. The topological polar surface area (TPSA) is 88.6 Å². The van der Waals surface area contributed by atoms with Crippen molar-refractivity contribution in [3.63, 3.8) is 0 Å². The molecule has 2 N–H and O–H groups in total. The summed E-state index contributed by atoms with van der Waals surface area (Å²) in [6.45, 7) is 10.3. The third-order valence-corrected chi connectivity index (χ3v) is 7.21. The van der Waals surface area contributed by atoms with Crippen molar-refractivity contribution in [3.8, 4) is 22.6 Å². The number of aromatic hydroxyl groups is 1. The minimum absolute atomic E-state index is 0.0607. The minimum atomic E-state index is -0.648. The largest absolute Gasteiger partial charge is 0.506 e. The van der Waals surface area contributed by atoms with Gasteiger partial charge in [-0.2, -0.15) is 0 Å². The standard InChI is InChI=1S/C34H33NO5/c1-19(2)22-12-9-10-14-27(22)40-33(38)25-17-20-11-7-8-13-23(20)28(30(25)36)29-24-18-21(32(37)39-6)15-16-26(24)35-31(29)34(3,4)5/h7-19,35-36H,1-6H3. The van der Waals surface area contributed by atoms with Gasteiger partial charge < -0.3 is 19.6 Å². The number of hydrogen-bond donors (Lipinski definition) is 2. The summed E-state index contributed by atoms with van der Waals surface area (Å²) >= 11 is 0. The van der Waals surface area contributed by atoms with E-state index >= 15 is 0 Å². The fourth-order valence-electron chi connectivity index (χ4n) is 5.21. The maximum atomic E-state index is 13.7. The van der Waals surface area contributed by atoms with Crippen LogP contribution in [0.15, 0.2) is 72.8 Å². The lowest BCUT2D eigenvalue weighted by atomic mass is 9.84. The summed E-state index contributed by atoms with van der Waals surface area (Å²) in [5.74, 6) is -0.677. The maximum Gasteiger partial charge on any atom is 0.347 e. The molecule has 204 valence electrons.